The number of methoxy groups -OCH3 is 2. The third-order valence-corrected chi connectivity index (χ3v) is 5.74. The van der Waals surface area contributed by atoms with E-state index in [1.807, 2.05) is 47.4 Å². The number of para-hydroxylation sites is 1. The highest BCUT2D eigenvalue weighted by atomic mass is 32.2. The number of hydrogen-bond acceptors (Lipinski definition) is 4. The van der Waals surface area contributed by atoms with Gasteiger partial charge in [-0.1, -0.05) is 25.1 Å². The topological polar surface area (TPSA) is 50.8 Å². The third kappa shape index (κ3) is 3.75. The van der Waals surface area contributed by atoms with Crippen molar-refractivity contribution in [1.29, 1.82) is 0 Å². The molecule has 1 heterocycles. The number of amides is 2. The van der Waals surface area contributed by atoms with Crippen LogP contribution >= 0.6 is 11.8 Å². The molecule has 138 valence electrons. The van der Waals surface area contributed by atoms with Crippen molar-refractivity contribution >= 4 is 23.5 Å². The number of anilines is 1. The molecule has 1 atom stereocenters. The van der Waals surface area contributed by atoms with Gasteiger partial charge in [0.15, 0.2) is 0 Å². The first-order valence-electron chi connectivity index (χ1n) is 8.67. The summed E-state index contributed by atoms with van der Waals surface area (Å²) in [6, 6.07) is 13.6. The molecule has 2 aromatic rings. The summed E-state index contributed by atoms with van der Waals surface area (Å²) >= 11 is 1.74. The standard InChI is InChI=1S/C20H24N2O3S/c1-4-14-7-5-6-8-17(14)21-20(23)22-11-12-26-19(22)16-10-9-15(24-2)13-18(16)25-3/h5-10,13,19H,4,11-12H2,1-3H3,(H,21,23)/t19-/m0/s1. The molecule has 0 bridgehead atoms. The average Bonchev–Trinajstić information content (AvgIpc) is 3.17. The van der Waals surface area contributed by atoms with Gasteiger partial charge in [0.25, 0.3) is 0 Å². The Morgan fingerprint density at radius 3 is 2.77 bits per heavy atom. The maximum absolute atomic E-state index is 12.9. The van der Waals surface area contributed by atoms with Crippen LogP contribution in [0.2, 0.25) is 0 Å². The molecule has 0 unspecified atom stereocenters. The van der Waals surface area contributed by atoms with Crippen LogP contribution in [-0.2, 0) is 6.42 Å². The number of carbonyl (C=O) groups is 1. The van der Waals surface area contributed by atoms with E-state index in [4.69, 9.17) is 9.47 Å². The second-order valence-electron chi connectivity index (χ2n) is 5.97. The summed E-state index contributed by atoms with van der Waals surface area (Å²) in [6.07, 6.45) is 0.876. The van der Waals surface area contributed by atoms with Crippen LogP contribution in [-0.4, -0.2) is 37.4 Å². The Kier molecular flexibility index (Phi) is 5.93. The lowest BCUT2D eigenvalue weighted by Gasteiger charge is -2.26. The smallest absolute Gasteiger partial charge is 0.323 e. The molecule has 2 aromatic carbocycles. The molecule has 1 fully saturated rings. The van der Waals surface area contributed by atoms with E-state index in [0.717, 1.165) is 40.5 Å². The molecule has 26 heavy (non-hydrogen) atoms. The van der Waals surface area contributed by atoms with Gasteiger partial charge in [0.05, 0.1) is 14.2 Å². The highest BCUT2D eigenvalue weighted by molar-refractivity contribution is 7.99. The van der Waals surface area contributed by atoms with Gasteiger partial charge in [-0.2, -0.15) is 0 Å². The number of nitrogens with zero attached hydrogens (tertiary/aromatic N) is 1. The maximum atomic E-state index is 12.9. The molecule has 1 aliphatic rings. The lowest BCUT2D eigenvalue weighted by molar-refractivity contribution is 0.213. The molecule has 6 heteroatoms. The van der Waals surface area contributed by atoms with Crippen molar-refractivity contribution in [3.05, 3.63) is 53.6 Å². The summed E-state index contributed by atoms with van der Waals surface area (Å²) in [5.41, 5.74) is 2.98. The largest absolute Gasteiger partial charge is 0.497 e. The van der Waals surface area contributed by atoms with Gasteiger partial charge in [-0.15, -0.1) is 11.8 Å². The highest BCUT2D eigenvalue weighted by Crippen LogP contribution is 2.43. The molecule has 0 aromatic heterocycles. The number of hydrogen-bond donors (Lipinski definition) is 1. The van der Waals surface area contributed by atoms with Crippen molar-refractivity contribution in [1.82, 2.24) is 4.90 Å². The zero-order valence-electron chi connectivity index (χ0n) is 15.3. The molecule has 0 aliphatic carbocycles. The minimum absolute atomic E-state index is 0.0790. The fraction of sp³-hybridized carbons (Fsp3) is 0.350. The zero-order chi connectivity index (χ0) is 18.5. The lowest BCUT2D eigenvalue weighted by Crippen LogP contribution is -2.34. The van der Waals surface area contributed by atoms with Crippen molar-refractivity contribution in [3.8, 4) is 11.5 Å². The zero-order valence-corrected chi connectivity index (χ0v) is 16.1. The van der Waals surface area contributed by atoms with E-state index in [1.165, 1.54) is 0 Å². The molecule has 3 rings (SSSR count). The van der Waals surface area contributed by atoms with E-state index in [0.29, 0.717) is 6.54 Å². The Balaban J connectivity index is 1.83. The minimum atomic E-state index is -0.0845. The molecule has 2 amide bonds. The summed E-state index contributed by atoms with van der Waals surface area (Å²) in [6.45, 7) is 2.78. The van der Waals surface area contributed by atoms with E-state index in [-0.39, 0.29) is 11.4 Å². The number of benzene rings is 2. The van der Waals surface area contributed by atoms with E-state index >= 15 is 0 Å². The summed E-state index contributed by atoms with van der Waals surface area (Å²) in [5, 5.41) is 2.99. The minimum Gasteiger partial charge on any atom is -0.497 e. The van der Waals surface area contributed by atoms with E-state index in [9.17, 15) is 4.79 Å². The van der Waals surface area contributed by atoms with Crippen molar-refractivity contribution in [2.24, 2.45) is 0 Å². The van der Waals surface area contributed by atoms with Crippen LogP contribution in [0, 0.1) is 0 Å². The van der Waals surface area contributed by atoms with Crippen molar-refractivity contribution in [2.45, 2.75) is 18.7 Å². The van der Waals surface area contributed by atoms with E-state index in [2.05, 4.69) is 12.2 Å². The number of urea groups is 1. The van der Waals surface area contributed by atoms with Crippen LogP contribution in [0.15, 0.2) is 42.5 Å². The first-order valence-corrected chi connectivity index (χ1v) is 9.71. The van der Waals surface area contributed by atoms with Gasteiger partial charge in [-0.05, 0) is 30.2 Å². The quantitative estimate of drug-likeness (QED) is 0.837. The van der Waals surface area contributed by atoms with Gasteiger partial charge in [0.2, 0.25) is 0 Å². The molecule has 1 saturated heterocycles. The second kappa shape index (κ2) is 8.36. The van der Waals surface area contributed by atoms with Gasteiger partial charge in [-0.25, -0.2) is 4.79 Å². The van der Waals surface area contributed by atoms with Gasteiger partial charge in [0.1, 0.15) is 16.9 Å². The van der Waals surface area contributed by atoms with Crippen LogP contribution in [0.1, 0.15) is 23.4 Å². The molecule has 0 radical (unpaired) electrons. The Labute approximate surface area is 158 Å². The Morgan fingerprint density at radius 1 is 1.23 bits per heavy atom. The summed E-state index contributed by atoms with van der Waals surface area (Å²) in [7, 11) is 3.27. The fourth-order valence-corrected chi connectivity index (χ4v) is 4.38. The van der Waals surface area contributed by atoms with E-state index in [1.54, 1.807) is 26.0 Å². The number of nitrogens with one attached hydrogen (secondary N) is 1. The number of thioether (sulfide) groups is 1. The number of aryl methyl sites for hydroxylation is 1. The lowest BCUT2D eigenvalue weighted by atomic mass is 10.1. The number of ether oxygens (including phenoxy) is 2. The average molecular weight is 372 g/mol. The van der Waals surface area contributed by atoms with Crippen molar-refractivity contribution < 1.29 is 14.3 Å². The summed E-state index contributed by atoms with van der Waals surface area (Å²) in [4.78, 5) is 14.8. The molecular formula is C20H24N2O3S. The fourth-order valence-electron chi connectivity index (χ4n) is 3.10. The van der Waals surface area contributed by atoms with Crippen LogP contribution in [0.3, 0.4) is 0 Å². The van der Waals surface area contributed by atoms with Crippen LogP contribution < -0.4 is 14.8 Å². The Morgan fingerprint density at radius 2 is 2.04 bits per heavy atom. The van der Waals surface area contributed by atoms with Crippen LogP contribution in [0.5, 0.6) is 11.5 Å². The normalized spacial score (nSPS) is 16.4. The first-order chi connectivity index (χ1) is 12.7. The molecule has 5 nitrogen and oxygen atoms in total. The third-order valence-electron chi connectivity index (χ3n) is 4.50. The molecule has 0 spiro atoms. The van der Waals surface area contributed by atoms with Crippen molar-refractivity contribution in [3.63, 3.8) is 0 Å². The predicted molar refractivity (Wildman–Crippen MR) is 106 cm³/mol. The molecule has 1 aliphatic heterocycles. The molecular weight excluding hydrogens is 348 g/mol. The maximum Gasteiger partial charge on any atom is 0.323 e. The monoisotopic (exact) mass is 372 g/mol. The molecule has 1 N–H and O–H groups in total. The summed E-state index contributed by atoms with van der Waals surface area (Å²) < 4.78 is 10.8. The van der Waals surface area contributed by atoms with Gasteiger partial charge in [-0.3, -0.25) is 0 Å². The first kappa shape index (κ1) is 18.5. The summed E-state index contributed by atoms with van der Waals surface area (Å²) in [5.74, 6) is 2.36. The van der Waals surface area contributed by atoms with Crippen LogP contribution in [0.4, 0.5) is 10.5 Å². The predicted octanol–water partition coefficient (Wildman–Crippen LogP) is 4.55. The van der Waals surface area contributed by atoms with Gasteiger partial charge in [0, 0.05) is 29.6 Å². The van der Waals surface area contributed by atoms with Gasteiger partial charge >= 0.3 is 6.03 Å². The highest BCUT2D eigenvalue weighted by Gasteiger charge is 2.33. The van der Waals surface area contributed by atoms with Crippen LogP contribution in [0.25, 0.3) is 0 Å². The Hall–Kier alpha value is -2.34. The Bertz CT molecular complexity index is 781. The van der Waals surface area contributed by atoms with Crippen molar-refractivity contribution in [2.75, 3.05) is 31.8 Å². The van der Waals surface area contributed by atoms with E-state index < -0.39 is 0 Å². The number of carbonyl (C=O) groups excluding carboxylic acids is 1. The number of rotatable bonds is 5. The van der Waals surface area contributed by atoms with Gasteiger partial charge < -0.3 is 19.7 Å². The second-order valence-corrected chi connectivity index (χ2v) is 7.15. The molecule has 0 saturated carbocycles. The SMILES string of the molecule is CCc1ccccc1NC(=O)N1CCS[C@H]1c1ccc(OC)cc1OC.